The third-order valence-electron chi connectivity index (χ3n) is 7.05. The summed E-state index contributed by atoms with van der Waals surface area (Å²) in [6.07, 6.45) is 0.550. The molecule has 1 N–H and O–H groups in total. The van der Waals surface area contributed by atoms with Crippen molar-refractivity contribution in [3.8, 4) is 5.69 Å². The summed E-state index contributed by atoms with van der Waals surface area (Å²) in [7, 11) is -3.92. The highest BCUT2D eigenvalue weighted by atomic mass is 32.2. The molecule has 0 saturated carbocycles. The number of carbonyl (C=O) groups excluding carboxylic acids is 1. The number of β-lactam (4-membered cyclic amide) rings is 1. The summed E-state index contributed by atoms with van der Waals surface area (Å²) in [6, 6.07) is 26.3. The molecule has 212 valence electrons. The van der Waals surface area contributed by atoms with Gasteiger partial charge in [0.2, 0.25) is 0 Å². The van der Waals surface area contributed by atoms with Gasteiger partial charge in [-0.15, -0.1) is 5.10 Å². The molecule has 1 amide bonds. The molecule has 1 aromatic heterocycles. The summed E-state index contributed by atoms with van der Waals surface area (Å²) in [4.78, 5) is 15.0. The first-order valence-electron chi connectivity index (χ1n) is 13.2. The summed E-state index contributed by atoms with van der Waals surface area (Å²) in [5.74, 6) is -0.814. The molecule has 2 unspecified atom stereocenters. The monoisotopic (exact) mass is 574 g/mol. The first-order chi connectivity index (χ1) is 19.7. The van der Waals surface area contributed by atoms with Crippen molar-refractivity contribution < 1.29 is 27.4 Å². The second-order valence-electron chi connectivity index (χ2n) is 10.4. The summed E-state index contributed by atoms with van der Waals surface area (Å²) in [5.41, 5.74) is 2.31. The number of rotatable bonds is 9. The van der Waals surface area contributed by atoms with Crippen molar-refractivity contribution in [3.05, 3.63) is 103 Å². The minimum Gasteiger partial charge on any atom is -0.361 e. The topological polar surface area (TPSA) is 112 Å². The summed E-state index contributed by atoms with van der Waals surface area (Å²) >= 11 is 0. The molecule has 11 heteroatoms. The average Bonchev–Trinajstić information content (AvgIpc) is 3.58. The molecule has 3 aromatic carbocycles. The number of nitrogens with one attached hydrogen (secondary N) is 1. The normalized spacial score (nSPS) is 22.0. The van der Waals surface area contributed by atoms with E-state index in [4.69, 9.17) is 14.2 Å². The van der Waals surface area contributed by atoms with Gasteiger partial charge in [-0.05, 0) is 55.8 Å². The van der Waals surface area contributed by atoms with Crippen LogP contribution in [0.25, 0.3) is 5.69 Å². The third kappa shape index (κ3) is 5.62. The van der Waals surface area contributed by atoms with Crippen molar-refractivity contribution in [1.29, 1.82) is 0 Å². The van der Waals surface area contributed by atoms with E-state index < -0.39 is 34.1 Å². The van der Waals surface area contributed by atoms with E-state index in [-0.39, 0.29) is 23.2 Å². The molecule has 2 fully saturated rings. The smallest absolute Gasteiger partial charge is 0.263 e. The zero-order chi connectivity index (χ0) is 28.6. The molecule has 3 atom stereocenters. The van der Waals surface area contributed by atoms with E-state index in [0.717, 1.165) is 11.3 Å². The molecule has 3 heterocycles. The van der Waals surface area contributed by atoms with Crippen LogP contribution in [0.15, 0.2) is 102 Å². The van der Waals surface area contributed by atoms with Gasteiger partial charge < -0.3 is 19.1 Å². The number of amides is 1. The van der Waals surface area contributed by atoms with Crippen LogP contribution in [-0.2, 0) is 35.6 Å². The van der Waals surface area contributed by atoms with E-state index in [1.54, 1.807) is 34.0 Å². The van der Waals surface area contributed by atoms with Crippen LogP contribution in [0.3, 0.4) is 0 Å². The van der Waals surface area contributed by atoms with E-state index in [9.17, 15) is 13.2 Å². The van der Waals surface area contributed by atoms with Crippen LogP contribution >= 0.6 is 0 Å². The van der Waals surface area contributed by atoms with E-state index in [2.05, 4.69) is 9.82 Å². The zero-order valence-electron chi connectivity index (χ0n) is 22.6. The Bertz CT molecular complexity index is 1620. The standard InChI is InChI=1S/C30H30N4O6S/c1-30(2)39-20-25(40-30)27-28(38-19-21-9-5-3-6-10-21)29(35)34(27)23-13-15-24(16-14-23)41(36,37)32-26-17-18-33(31-26)22-11-7-4-8-12-22/h3-18,25,27-28H,19-20H2,1-2H3,(H,31,32)/t25-,27?,28?/m1/s1. The van der Waals surface area contributed by atoms with Crippen molar-refractivity contribution in [3.63, 3.8) is 0 Å². The molecule has 0 spiro atoms. The van der Waals surface area contributed by atoms with Crippen molar-refractivity contribution in [1.82, 2.24) is 9.78 Å². The highest BCUT2D eigenvalue weighted by Gasteiger charge is 2.56. The SMILES string of the molecule is CC1(C)OC[C@H](C2C(OCc3ccccc3)C(=O)N2c2ccc(S(=O)(=O)Nc3ccn(-c4ccccc4)n3)cc2)O1. The minimum absolute atomic E-state index is 0.0403. The number of aromatic nitrogens is 2. The van der Waals surface area contributed by atoms with Gasteiger partial charge in [0, 0.05) is 18.0 Å². The number of hydrogen-bond donors (Lipinski definition) is 1. The molecule has 2 saturated heterocycles. The molecule has 4 aromatic rings. The Morgan fingerprint density at radius 1 is 0.951 bits per heavy atom. The Kier molecular flexibility index (Phi) is 7.12. The molecule has 0 bridgehead atoms. The Balaban J connectivity index is 1.18. The van der Waals surface area contributed by atoms with Crippen molar-refractivity contribution in [2.24, 2.45) is 0 Å². The second kappa shape index (κ2) is 10.7. The maximum absolute atomic E-state index is 13.3. The predicted octanol–water partition coefficient (Wildman–Crippen LogP) is 4.13. The summed E-state index contributed by atoms with van der Waals surface area (Å²) < 4.78 is 48.2. The molecule has 0 aliphatic carbocycles. The van der Waals surface area contributed by atoms with Gasteiger partial charge in [-0.2, -0.15) is 0 Å². The summed E-state index contributed by atoms with van der Waals surface area (Å²) in [6.45, 7) is 4.24. The van der Waals surface area contributed by atoms with Gasteiger partial charge in [0.1, 0.15) is 12.1 Å². The fourth-order valence-electron chi connectivity index (χ4n) is 5.04. The van der Waals surface area contributed by atoms with Crippen LogP contribution in [0.4, 0.5) is 11.5 Å². The van der Waals surface area contributed by atoms with Gasteiger partial charge in [-0.3, -0.25) is 9.52 Å². The molecule has 6 rings (SSSR count). The van der Waals surface area contributed by atoms with E-state index >= 15 is 0 Å². The number of anilines is 2. The van der Waals surface area contributed by atoms with E-state index in [0.29, 0.717) is 12.3 Å². The van der Waals surface area contributed by atoms with Gasteiger partial charge >= 0.3 is 0 Å². The molecule has 0 radical (unpaired) electrons. The number of hydrogen-bond acceptors (Lipinski definition) is 7. The first kappa shape index (κ1) is 27.2. The lowest BCUT2D eigenvalue weighted by Crippen LogP contribution is -2.70. The van der Waals surface area contributed by atoms with Gasteiger partial charge in [-0.1, -0.05) is 48.5 Å². The Morgan fingerprint density at radius 3 is 2.29 bits per heavy atom. The fourth-order valence-corrected chi connectivity index (χ4v) is 6.04. The van der Waals surface area contributed by atoms with Gasteiger partial charge in [0.25, 0.3) is 15.9 Å². The van der Waals surface area contributed by atoms with Crippen molar-refractivity contribution in [2.45, 2.75) is 49.4 Å². The van der Waals surface area contributed by atoms with E-state index in [1.165, 1.54) is 12.1 Å². The number of carbonyl (C=O) groups is 1. The predicted molar refractivity (Wildman–Crippen MR) is 152 cm³/mol. The molecular formula is C30H30N4O6S. The molecular weight excluding hydrogens is 544 g/mol. The lowest BCUT2D eigenvalue weighted by atomic mass is 9.91. The first-order valence-corrected chi connectivity index (χ1v) is 14.7. The Morgan fingerprint density at radius 2 is 1.63 bits per heavy atom. The zero-order valence-corrected chi connectivity index (χ0v) is 23.4. The largest absolute Gasteiger partial charge is 0.361 e. The Labute approximate surface area is 238 Å². The lowest BCUT2D eigenvalue weighted by molar-refractivity contribution is -0.164. The molecule has 2 aliphatic heterocycles. The highest BCUT2D eigenvalue weighted by Crippen LogP contribution is 2.38. The number of ether oxygens (including phenoxy) is 3. The molecule has 10 nitrogen and oxygen atoms in total. The van der Waals surface area contributed by atoms with Gasteiger partial charge in [0.05, 0.1) is 23.8 Å². The fraction of sp³-hybridized carbons (Fsp3) is 0.267. The van der Waals surface area contributed by atoms with Gasteiger partial charge in [0.15, 0.2) is 17.7 Å². The van der Waals surface area contributed by atoms with E-state index in [1.807, 2.05) is 74.5 Å². The number of sulfonamides is 1. The average molecular weight is 575 g/mol. The van der Waals surface area contributed by atoms with Crippen LogP contribution in [0.2, 0.25) is 0 Å². The van der Waals surface area contributed by atoms with Crippen LogP contribution in [0.1, 0.15) is 19.4 Å². The van der Waals surface area contributed by atoms with Crippen molar-refractivity contribution >= 4 is 27.4 Å². The number of para-hydroxylation sites is 1. The van der Waals surface area contributed by atoms with Crippen LogP contribution in [0, 0.1) is 0 Å². The Hall–Kier alpha value is -4.03. The number of benzene rings is 3. The maximum Gasteiger partial charge on any atom is 0.263 e. The quantitative estimate of drug-likeness (QED) is 0.299. The second-order valence-corrected chi connectivity index (χ2v) is 12.0. The summed E-state index contributed by atoms with van der Waals surface area (Å²) in [5, 5.41) is 4.32. The van der Waals surface area contributed by atoms with Crippen LogP contribution in [0.5, 0.6) is 0 Å². The molecule has 41 heavy (non-hydrogen) atoms. The highest BCUT2D eigenvalue weighted by molar-refractivity contribution is 7.92. The maximum atomic E-state index is 13.3. The number of nitrogens with zero attached hydrogens (tertiary/aromatic N) is 3. The van der Waals surface area contributed by atoms with Crippen molar-refractivity contribution in [2.75, 3.05) is 16.2 Å². The lowest BCUT2D eigenvalue weighted by Gasteiger charge is -2.48. The third-order valence-corrected chi connectivity index (χ3v) is 8.42. The minimum atomic E-state index is -3.92. The van der Waals surface area contributed by atoms with Crippen LogP contribution in [-0.4, -0.2) is 54.7 Å². The van der Waals surface area contributed by atoms with Crippen LogP contribution < -0.4 is 9.62 Å². The molecule has 2 aliphatic rings. The van der Waals surface area contributed by atoms with Gasteiger partial charge in [-0.25, -0.2) is 13.1 Å².